The summed E-state index contributed by atoms with van der Waals surface area (Å²) in [6.45, 7) is 12.1. The van der Waals surface area contributed by atoms with Crippen molar-refractivity contribution in [1.82, 2.24) is 9.80 Å². The third-order valence-electron chi connectivity index (χ3n) is 4.98. The Morgan fingerprint density at radius 2 is 1.88 bits per heavy atom. The molecule has 0 aromatic heterocycles. The molecule has 1 aliphatic rings. The van der Waals surface area contributed by atoms with E-state index in [-0.39, 0.29) is 36.8 Å². The van der Waals surface area contributed by atoms with Crippen LogP contribution in [0.4, 0.5) is 0 Å². The number of carbonyl (C=O) groups excluding carboxylic acids is 1. The predicted octanol–water partition coefficient (Wildman–Crippen LogP) is 3.57. The zero-order valence-corrected chi connectivity index (χ0v) is 17.4. The Bertz CT molecular complexity index is 522. The number of hydrogen-bond donors (Lipinski definition) is 1. The van der Waals surface area contributed by atoms with E-state index in [1.807, 2.05) is 17.0 Å². The summed E-state index contributed by atoms with van der Waals surface area (Å²) < 4.78 is 0. The molecule has 144 valence electrons. The van der Waals surface area contributed by atoms with Gasteiger partial charge in [0, 0.05) is 30.7 Å². The number of nitrogens with two attached hydrogens (primary N) is 1. The van der Waals surface area contributed by atoms with Crippen molar-refractivity contribution in [3.8, 4) is 0 Å². The molecule has 1 aliphatic heterocycles. The van der Waals surface area contributed by atoms with Gasteiger partial charge in [-0.1, -0.05) is 19.1 Å². The van der Waals surface area contributed by atoms with Crippen LogP contribution < -0.4 is 5.73 Å². The second-order valence-electron chi connectivity index (χ2n) is 7.00. The molecule has 0 spiro atoms. The van der Waals surface area contributed by atoms with Gasteiger partial charge in [0.15, 0.2) is 0 Å². The molecule has 6 heteroatoms. The number of rotatable bonds is 6. The fraction of sp³-hybridized carbons (Fsp3) is 0.632. The van der Waals surface area contributed by atoms with Gasteiger partial charge in [0.05, 0.1) is 0 Å². The molecular formula is C19H33Cl2N3O. The second-order valence-corrected chi connectivity index (χ2v) is 7.00. The van der Waals surface area contributed by atoms with Gasteiger partial charge in [-0.2, -0.15) is 0 Å². The highest BCUT2D eigenvalue weighted by Crippen LogP contribution is 2.24. The van der Waals surface area contributed by atoms with Gasteiger partial charge in [0.2, 0.25) is 0 Å². The number of nitrogens with zero attached hydrogens (tertiary/aromatic N) is 2. The minimum absolute atomic E-state index is 0. The van der Waals surface area contributed by atoms with Gasteiger partial charge in [-0.3, -0.25) is 9.69 Å². The van der Waals surface area contributed by atoms with Crippen LogP contribution in [0.5, 0.6) is 0 Å². The molecule has 0 radical (unpaired) electrons. The lowest BCUT2D eigenvalue weighted by Gasteiger charge is -2.25. The molecule has 1 saturated heterocycles. The molecular weight excluding hydrogens is 357 g/mol. The first-order valence-electron chi connectivity index (χ1n) is 8.80. The van der Waals surface area contributed by atoms with E-state index in [1.54, 1.807) is 0 Å². The second kappa shape index (κ2) is 11.0. The van der Waals surface area contributed by atoms with Gasteiger partial charge in [-0.05, 0) is 63.9 Å². The highest BCUT2D eigenvalue weighted by atomic mass is 35.5. The van der Waals surface area contributed by atoms with Crippen LogP contribution in [-0.4, -0.2) is 47.4 Å². The normalized spacial score (nSPS) is 19.7. The zero-order valence-electron chi connectivity index (χ0n) is 15.8. The third kappa shape index (κ3) is 6.14. The maximum absolute atomic E-state index is 12.7. The van der Waals surface area contributed by atoms with Gasteiger partial charge in [-0.25, -0.2) is 0 Å². The minimum atomic E-state index is 0. The van der Waals surface area contributed by atoms with Crippen LogP contribution in [0.25, 0.3) is 0 Å². The number of benzene rings is 1. The maximum atomic E-state index is 12.7. The molecule has 2 N–H and O–H groups in total. The smallest absolute Gasteiger partial charge is 0.254 e. The van der Waals surface area contributed by atoms with E-state index in [9.17, 15) is 4.79 Å². The Hall–Kier alpha value is -0.810. The number of hydrogen-bond acceptors (Lipinski definition) is 3. The quantitative estimate of drug-likeness (QED) is 0.808. The van der Waals surface area contributed by atoms with E-state index in [4.69, 9.17) is 5.73 Å². The lowest BCUT2D eigenvalue weighted by Crippen LogP contribution is -2.34. The Morgan fingerprint density at radius 1 is 1.28 bits per heavy atom. The first kappa shape index (κ1) is 24.2. The van der Waals surface area contributed by atoms with Crippen molar-refractivity contribution >= 4 is 30.7 Å². The molecule has 1 heterocycles. The fourth-order valence-electron chi connectivity index (χ4n) is 3.41. The van der Waals surface area contributed by atoms with Crippen molar-refractivity contribution in [3.63, 3.8) is 0 Å². The molecule has 2 atom stereocenters. The van der Waals surface area contributed by atoms with Crippen molar-refractivity contribution in [2.24, 2.45) is 11.7 Å². The Balaban J connectivity index is 0.00000288. The number of amides is 1. The first-order valence-corrected chi connectivity index (χ1v) is 8.80. The molecule has 0 aliphatic carbocycles. The molecule has 0 saturated carbocycles. The highest BCUT2D eigenvalue weighted by molar-refractivity contribution is 5.94. The number of likely N-dealkylation sites (tertiary alicyclic amines) is 1. The van der Waals surface area contributed by atoms with E-state index in [0.29, 0.717) is 18.5 Å². The zero-order chi connectivity index (χ0) is 17.0. The molecule has 1 fully saturated rings. The van der Waals surface area contributed by atoms with Gasteiger partial charge in [-0.15, -0.1) is 24.8 Å². The molecule has 1 aromatic carbocycles. The summed E-state index contributed by atoms with van der Waals surface area (Å²) >= 11 is 0. The van der Waals surface area contributed by atoms with Gasteiger partial charge >= 0.3 is 0 Å². The summed E-state index contributed by atoms with van der Waals surface area (Å²) in [6, 6.07) is 8.91. The van der Waals surface area contributed by atoms with E-state index in [0.717, 1.165) is 31.6 Å². The predicted molar refractivity (Wildman–Crippen MR) is 110 cm³/mol. The van der Waals surface area contributed by atoms with E-state index in [2.05, 4.69) is 44.7 Å². The van der Waals surface area contributed by atoms with Crippen LogP contribution >= 0.6 is 24.8 Å². The topological polar surface area (TPSA) is 49.6 Å². The first-order chi connectivity index (χ1) is 11.0. The molecule has 25 heavy (non-hydrogen) atoms. The number of carbonyl (C=O) groups is 1. The summed E-state index contributed by atoms with van der Waals surface area (Å²) in [7, 11) is 0. The van der Waals surface area contributed by atoms with Crippen LogP contribution in [-0.2, 0) is 6.54 Å². The standard InChI is InChI=1S/C19H31N3O.2ClH/c1-5-21(14(2)3)12-16-6-8-18(9-7-16)19(23)22-13-17(11-20)10-15(22)4;;/h6-9,14-15,17H,5,10-13,20H2,1-4H3;2*1H. The lowest BCUT2D eigenvalue weighted by molar-refractivity contribution is 0.0743. The van der Waals surface area contributed by atoms with Crippen LogP contribution in [0, 0.1) is 5.92 Å². The summed E-state index contributed by atoms with van der Waals surface area (Å²) in [5.41, 5.74) is 7.80. The SMILES string of the molecule is CCN(Cc1ccc(C(=O)N2CC(CN)CC2C)cc1)C(C)C.Cl.Cl. The van der Waals surface area contributed by atoms with Crippen LogP contribution in [0.15, 0.2) is 24.3 Å². The average molecular weight is 390 g/mol. The Morgan fingerprint density at radius 3 is 2.32 bits per heavy atom. The Labute approximate surface area is 164 Å². The summed E-state index contributed by atoms with van der Waals surface area (Å²) in [6.07, 6.45) is 1.01. The molecule has 4 nitrogen and oxygen atoms in total. The fourth-order valence-corrected chi connectivity index (χ4v) is 3.41. The van der Waals surface area contributed by atoms with E-state index in [1.165, 1.54) is 5.56 Å². The lowest BCUT2D eigenvalue weighted by atomic mass is 10.1. The molecule has 1 aromatic rings. The molecule has 0 bridgehead atoms. The largest absolute Gasteiger partial charge is 0.336 e. The number of halogens is 2. The van der Waals surface area contributed by atoms with Crippen molar-refractivity contribution in [1.29, 1.82) is 0 Å². The van der Waals surface area contributed by atoms with E-state index >= 15 is 0 Å². The third-order valence-corrected chi connectivity index (χ3v) is 4.98. The van der Waals surface area contributed by atoms with Crippen LogP contribution in [0.2, 0.25) is 0 Å². The minimum Gasteiger partial charge on any atom is -0.336 e. The molecule has 1 amide bonds. The molecule has 2 rings (SSSR count). The van der Waals surface area contributed by atoms with Gasteiger partial charge < -0.3 is 10.6 Å². The summed E-state index contributed by atoms with van der Waals surface area (Å²) in [5.74, 6) is 0.577. The van der Waals surface area contributed by atoms with Crippen LogP contribution in [0.1, 0.15) is 50.0 Å². The highest BCUT2D eigenvalue weighted by Gasteiger charge is 2.31. The summed E-state index contributed by atoms with van der Waals surface area (Å²) in [4.78, 5) is 17.1. The van der Waals surface area contributed by atoms with Crippen molar-refractivity contribution in [2.45, 2.75) is 52.7 Å². The molecule has 2 unspecified atom stereocenters. The van der Waals surface area contributed by atoms with Crippen LogP contribution in [0.3, 0.4) is 0 Å². The van der Waals surface area contributed by atoms with Gasteiger partial charge in [0.1, 0.15) is 0 Å². The summed E-state index contributed by atoms with van der Waals surface area (Å²) in [5, 5.41) is 0. The monoisotopic (exact) mass is 389 g/mol. The van der Waals surface area contributed by atoms with Gasteiger partial charge in [0.25, 0.3) is 5.91 Å². The van der Waals surface area contributed by atoms with Crippen molar-refractivity contribution < 1.29 is 4.79 Å². The maximum Gasteiger partial charge on any atom is 0.254 e. The average Bonchev–Trinajstić information content (AvgIpc) is 2.93. The Kier molecular flexibility index (Phi) is 10.7. The van der Waals surface area contributed by atoms with E-state index < -0.39 is 0 Å². The van der Waals surface area contributed by atoms with Crippen molar-refractivity contribution in [2.75, 3.05) is 19.6 Å². The van der Waals surface area contributed by atoms with Crippen molar-refractivity contribution in [3.05, 3.63) is 35.4 Å².